The van der Waals surface area contributed by atoms with E-state index in [0.717, 1.165) is 64.7 Å². The van der Waals surface area contributed by atoms with Crippen LogP contribution in [0.5, 0.6) is 0 Å². The molecule has 40 heavy (non-hydrogen) atoms. The minimum atomic E-state index is -4.22. The van der Waals surface area contributed by atoms with Gasteiger partial charge < -0.3 is 18.9 Å². The van der Waals surface area contributed by atoms with E-state index in [1.54, 1.807) is 0 Å². The molecule has 0 aromatic rings. The largest absolute Gasteiger partial charge is 1.00 e. The fraction of sp³-hybridized carbons (Fsp3) is 1.00. The van der Waals surface area contributed by atoms with Crippen LogP contribution in [-0.4, -0.2) is 86.5 Å². The van der Waals surface area contributed by atoms with E-state index in [-0.39, 0.29) is 70.6 Å². The molecule has 0 aliphatic rings. The van der Waals surface area contributed by atoms with Crippen molar-refractivity contribution in [3.05, 3.63) is 0 Å². The fourth-order valence-corrected chi connectivity index (χ4v) is 5.79. The summed E-state index contributed by atoms with van der Waals surface area (Å²) in [5.74, 6) is -0.688. The van der Waals surface area contributed by atoms with Gasteiger partial charge >= 0.3 is 59.1 Å². The summed E-state index contributed by atoms with van der Waals surface area (Å²) in [6.07, 6.45) is 20.5. The van der Waals surface area contributed by atoms with Crippen LogP contribution in [0.3, 0.4) is 0 Å². The number of hydrogen-bond acceptors (Lipinski definition) is 8. The molecular weight excluding hydrogens is 570 g/mol. The number of rotatable bonds is 29. The third-order valence-electron chi connectivity index (χ3n) is 7.13. The normalized spacial score (nSPS) is 12.1. The van der Waals surface area contributed by atoms with Crippen LogP contribution < -0.4 is 59.1 Å². The van der Waals surface area contributed by atoms with Gasteiger partial charge in [0.2, 0.25) is 0 Å². The van der Waals surface area contributed by atoms with Gasteiger partial charge in [-0.15, -0.1) is 0 Å². The number of nitrogens with zero attached hydrogens (tertiary/aromatic N) is 2. The molecule has 0 aromatic carbocycles. The molecule has 0 rings (SSSR count). The molecule has 0 aliphatic carbocycles. The summed E-state index contributed by atoms with van der Waals surface area (Å²) in [5, 5.41) is 0. The van der Waals surface area contributed by atoms with Gasteiger partial charge in [0.15, 0.2) is 0 Å². The van der Waals surface area contributed by atoms with Gasteiger partial charge in [-0.25, -0.2) is 16.8 Å². The molecule has 0 atom stereocenters. The summed E-state index contributed by atoms with van der Waals surface area (Å²) in [4.78, 5) is 4.46. The molecule has 0 radical (unpaired) electrons. The minimum Gasteiger partial charge on any atom is -0.748 e. The van der Waals surface area contributed by atoms with E-state index in [0.29, 0.717) is 25.9 Å². The van der Waals surface area contributed by atoms with E-state index in [2.05, 4.69) is 23.6 Å². The Morgan fingerprint density at radius 1 is 0.400 bits per heavy atom. The van der Waals surface area contributed by atoms with Crippen molar-refractivity contribution in [1.82, 2.24) is 9.80 Å². The van der Waals surface area contributed by atoms with Crippen molar-refractivity contribution in [3.63, 3.8) is 0 Å². The van der Waals surface area contributed by atoms with E-state index >= 15 is 0 Å². The topological polar surface area (TPSA) is 121 Å². The molecule has 0 bridgehead atoms. The zero-order valence-corrected chi connectivity index (χ0v) is 32.2. The molecule has 0 heterocycles. The van der Waals surface area contributed by atoms with E-state index in [1.807, 2.05) is 0 Å². The van der Waals surface area contributed by atoms with Crippen LogP contribution in [0.25, 0.3) is 0 Å². The second-order valence-electron chi connectivity index (χ2n) is 10.9. The summed E-state index contributed by atoms with van der Waals surface area (Å²) in [7, 11) is -8.43. The molecule has 0 amide bonds. The van der Waals surface area contributed by atoms with Gasteiger partial charge in [-0.2, -0.15) is 0 Å². The van der Waals surface area contributed by atoms with Gasteiger partial charge in [-0.05, 0) is 51.9 Å². The van der Waals surface area contributed by atoms with Gasteiger partial charge in [0.05, 0.1) is 20.2 Å². The third kappa shape index (κ3) is 35.9. The Hall–Kier alpha value is 1.74. The van der Waals surface area contributed by atoms with Crippen LogP contribution in [0.4, 0.5) is 0 Å². The number of hydrogen-bond donors (Lipinski definition) is 0. The van der Waals surface area contributed by atoms with Crippen molar-refractivity contribution in [2.75, 3.05) is 50.8 Å². The van der Waals surface area contributed by atoms with Crippen molar-refractivity contribution in [2.45, 2.75) is 129 Å². The molecule has 8 nitrogen and oxygen atoms in total. The average molecular weight is 629 g/mol. The van der Waals surface area contributed by atoms with Crippen molar-refractivity contribution < 1.29 is 85.1 Å². The molecule has 0 saturated heterocycles. The van der Waals surface area contributed by atoms with Gasteiger partial charge in [-0.3, -0.25) is 0 Å². The van der Waals surface area contributed by atoms with Gasteiger partial charge in [0, 0.05) is 24.6 Å². The predicted octanol–water partition coefficient (Wildman–Crippen LogP) is -0.250. The van der Waals surface area contributed by atoms with Gasteiger partial charge in [-0.1, -0.05) is 104 Å². The summed E-state index contributed by atoms with van der Waals surface area (Å²) in [6, 6.07) is 0. The van der Waals surface area contributed by atoms with Crippen LogP contribution in [0.2, 0.25) is 0 Å². The third-order valence-corrected chi connectivity index (χ3v) is 8.70. The van der Waals surface area contributed by atoms with Crippen molar-refractivity contribution in [3.8, 4) is 0 Å². The monoisotopic (exact) mass is 628 g/mol. The van der Waals surface area contributed by atoms with E-state index in [1.165, 1.54) is 64.2 Å². The fourth-order valence-electron chi connectivity index (χ4n) is 4.82. The first-order chi connectivity index (χ1) is 18.1. The van der Waals surface area contributed by atoms with Crippen molar-refractivity contribution in [1.29, 1.82) is 0 Å². The first-order valence-electron chi connectivity index (χ1n) is 15.4. The van der Waals surface area contributed by atoms with Gasteiger partial charge in [0.1, 0.15) is 0 Å². The van der Waals surface area contributed by atoms with Crippen LogP contribution in [0.15, 0.2) is 0 Å². The Bertz CT molecular complexity index is 743. The molecule has 12 heteroatoms. The van der Waals surface area contributed by atoms with Crippen LogP contribution in [-0.2, 0) is 20.2 Å². The van der Waals surface area contributed by atoms with Crippen LogP contribution >= 0.6 is 0 Å². The second-order valence-corrected chi connectivity index (χ2v) is 13.9. The average Bonchev–Trinajstić information content (AvgIpc) is 2.83. The Morgan fingerprint density at radius 3 is 0.950 bits per heavy atom. The quantitative estimate of drug-likeness (QED) is 0.0632. The maximum atomic E-state index is 11.1. The van der Waals surface area contributed by atoms with E-state index in [4.69, 9.17) is 0 Å². The standard InChI is InChI=1S/C28H60N2O6S2.2Na/c1-3-5-7-9-10-11-12-13-14-15-16-18-22-30(24-20-28-38(34,35)36)26-25-29(21-17-8-6-4-2)23-19-27-37(31,32)33;;/h3-28H2,1-2H3,(H,31,32,33)(H,34,35,36);;/q;2*+1/p-2. The first-order valence-corrected chi connectivity index (χ1v) is 18.5. The van der Waals surface area contributed by atoms with Crippen LogP contribution in [0, 0.1) is 0 Å². The second kappa shape index (κ2) is 30.8. The molecule has 0 unspecified atom stereocenters. The first kappa shape index (κ1) is 46.2. The Kier molecular flexibility index (Phi) is 35.5. The number of unbranched alkanes of at least 4 members (excludes halogenated alkanes) is 14. The Labute approximate surface area is 292 Å². The summed E-state index contributed by atoms with van der Waals surface area (Å²) in [5.41, 5.74) is 0. The molecular formula is C28H58N2Na2O6S2. The minimum absolute atomic E-state index is 0. The maximum Gasteiger partial charge on any atom is 1.00 e. The Morgan fingerprint density at radius 2 is 0.650 bits per heavy atom. The molecule has 0 N–H and O–H groups in total. The maximum absolute atomic E-state index is 11.1. The van der Waals surface area contributed by atoms with E-state index in [9.17, 15) is 25.9 Å². The molecule has 0 spiro atoms. The van der Waals surface area contributed by atoms with Crippen molar-refractivity contribution in [2.24, 2.45) is 0 Å². The zero-order valence-electron chi connectivity index (χ0n) is 26.5. The van der Waals surface area contributed by atoms with Crippen molar-refractivity contribution >= 4 is 20.2 Å². The zero-order chi connectivity index (χ0) is 28.5. The smallest absolute Gasteiger partial charge is 0.748 e. The molecule has 0 aliphatic heterocycles. The predicted molar refractivity (Wildman–Crippen MR) is 156 cm³/mol. The molecule has 0 saturated carbocycles. The Balaban J connectivity index is -0.00000684. The van der Waals surface area contributed by atoms with E-state index < -0.39 is 20.2 Å². The summed E-state index contributed by atoms with van der Waals surface area (Å²) < 4.78 is 66.2. The summed E-state index contributed by atoms with van der Waals surface area (Å²) in [6.45, 7) is 8.76. The van der Waals surface area contributed by atoms with Crippen LogP contribution in [0.1, 0.15) is 129 Å². The SMILES string of the molecule is CCCCCCCCCCCCCCN(CCCS(=O)(=O)[O-])CCN(CCCCCC)CCCS(=O)(=O)[O-].[Na+].[Na+]. The molecule has 230 valence electrons. The van der Waals surface area contributed by atoms with Gasteiger partial charge in [0.25, 0.3) is 0 Å². The summed E-state index contributed by atoms with van der Waals surface area (Å²) >= 11 is 0. The molecule has 0 fully saturated rings. The molecule has 0 aromatic heterocycles.